The highest BCUT2D eigenvalue weighted by molar-refractivity contribution is 6.01. The second-order valence-corrected chi connectivity index (χ2v) is 9.77. The summed E-state index contributed by atoms with van der Waals surface area (Å²) in [6.07, 6.45) is 4.78. The Morgan fingerprint density at radius 3 is 2.81 bits per heavy atom. The first-order valence-electron chi connectivity index (χ1n) is 12.2. The molecular formula is C27H26N2O7. The molecule has 5 heterocycles. The molecule has 4 aliphatic heterocycles. The Bertz CT molecular complexity index is 1280. The average molecular weight is 491 g/mol. The third-order valence-electron chi connectivity index (χ3n) is 7.90. The van der Waals surface area contributed by atoms with Gasteiger partial charge in [0.25, 0.3) is 0 Å². The van der Waals surface area contributed by atoms with E-state index in [1.807, 2.05) is 19.1 Å². The van der Waals surface area contributed by atoms with Crippen molar-refractivity contribution in [3.05, 3.63) is 66.1 Å². The number of carbonyl (C=O) groups excluding carboxylic acids is 4. The number of Topliss-reactive ketones (excluding diaryl/α,β-unsaturated/α-hetero) is 1. The number of piperidine rings is 1. The summed E-state index contributed by atoms with van der Waals surface area (Å²) < 4.78 is 17.0. The van der Waals surface area contributed by atoms with Crippen LogP contribution in [0.15, 0.2) is 59.2 Å². The van der Waals surface area contributed by atoms with E-state index in [1.165, 1.54) is 6.26 Å². The summed E-state index contributed by atoms with van der Waals surface area (Å²) in [5.41, 5.74) is -0.318. The Labute approximate surface area is 207 Å². The van der Waals surface area contributed by atoms with Gasteiger partial charge in [0, 0.05) is 18.0 Å². The van der Waals surface area contributed by atoms with Crippen LogP contribution in [0.5, 0.6) is 0 Å². The van der Waals surface area contributed by atoms with Gasteiger partial charge in [0.1, 0.15) is 17.1 Å². The number of hydrogen-bond acceptors (Lipinski definition) is 7. The predicted molar refractivity (Wildman–Crippen MR) is 126 cm³/mol. The molecule has 1 N–H and O–H groups in total. The van der Waals surface area contributed by atoms with E-state index < -0.39 is 47.5 Å². The van der Waals surface area contributed by atoms with Gasteiger partial charge < -0.3 is 24.1 Å². The molecule has 1 spiro atoms. The van der Waals surface area contributed by atoms with E-state index in [0.29, 0.717) is 17.0 Å². The summed E-state index contributed by atoms with van der Waals surface area (Å²) in [5, 5.41) is 2.86. The standard InChI is InChI=1S/C27H26N2O7/c1-3-34-26(33)15-6-4-7-16(12-15)28-24(31)21-20-9-10-27(36-20)22(21)25(32)29-17(19-8-5-11-35-19)13-18(30)14(2)23(27)29/h4-12,14,17,20-23H,3,13H2,1-2H3,(H,28,31)/t14-,17-,20+,21-,22+,23-,27-/m0/s1. The molecule has 7 atom stereocenters. The van der Waals surface area contributed by atoms with Gasteiger partial charge >= 0.3 is 5.97 Å². The van der Waals surface area contributed by atoms with Gasteiger partial charge in [0.15, 0.2) is 0 Å². The number of fused-ring (bicyclic) bond motifs is 2. The number of amides is 2. The highest BCUT2D eigenvalue weighted by Crippen LogP contribution is 2.60. The van der Waals surface area contributed by atoms with Crippen LogP contribution >= 0.6 is 0 Å². The maximum absolute atomic E-state index is 14.0. The van der Waals surface area contributed by atoms with E-state index in [0.717, 1.165) is 0 Å². The zero-order chi connectivity index (χ0) is 25.2. The maximum atomic E-state index is 14.0. The molecule has 0 saturated carbocycles. The fraction of sp³-hybridized carbons (Fsp3) is 0.407. The van der Waals surface area contributed by atoms with Crippen molar-refractivity contribution in [2.75, 3.05) is 11.9 Å². The van der Waals surface area contributed by atoms with Crippen LogP contribution in [0, 0.1) is 17.8 Å². The lowest BCUT2D eigenvalue weighted by atomic mass is 9.70. The van der Waals surface area contributed by atoms with E-state index >= 15 is 0 Å². The number of furan rings is 1. The van der Waals surface area contributed by atoms with Crippen LogP contribution in [0.25, 0.3) is 0 Å². The molecule has 2 bridgehead atoms. The Kier molecular flexibility index (Phi) is 5.15. The highest BCUT2D eigenvalue weighted by Gasteiger charge is 2.74. The van der Waals surface area contributed by atoms with Gasteiger partial charge in [-0.15, -0.1) is 0 Å². The third-order valence-corrected chi connectivity index (χ3v) is 7.90. The van der Waals surface area contributed by atoms with Crippen LogP contribution in [-0.2, 0) is 23.9 Å². The quantitative estimate of drug-likeness (QED) is 0.506. The van der Waals surface area contributed by atoms with Crippen molar-refractivity contribution in [2.45, 2.75) is 44.1 Å². The highest BCUT2D eigenvalue weighted by atomic mass is 16.5. The molecule has 0 radical (unpaired) electrons. The van der Waals surface area contributed by atoms with Crippen LogP contribution in [0.4, 0.5) is 5.69 Å². The summed E-state index contributed by atoms with van der Waals surface area (Å²) in [6, 6.07) is 8.91. The molecule has 2 amide bonds. The zero-order valence-corrected chi connectivity index (χ0v) is 19.9. The molecule has 9 heteroatoms. The van der Waals surface area contributed by atoms with Crippen molar-refractivity contribution >= 4 is 29.3 Å². The number of rotatable bonds is 5. The predicted octanol–water partition coefficient (Wildman–Crippen LogP) is 2.90. The smallest absolute Gasteiger partial charge is 0.338 e. The fourth-order valence-electron chi connectivity index (χ4n) is 6.43. The number of nitrogens with one attached hydrogen (secondary N) is 1. The van der Waals surface area contributed by atoms with Crippen LogP contribution in [0.3, 0.4) is 0 Å². The van der Waals surface area contributed by atoms with Crippen LogP contribution in [0.1, 0.15) is 42.4 Å². The van der Waals surface area contributed by atoms with Crippen molar-refractivity contribution in [3.63, 3.8) is 0 Å². The van der Waals surface area contributed by atoms with Crippen LogP contribution < -0.4 is 5.32 Å². The lowest BCUT2D eigenvalue weighted by Crippen LogP contribution is -2.55. The van der Waals surface area contributed by atoms with E-state index in [2.05, 4.69) is 5.32 Å². The van der Waals surface area contributed by atoms with Crippen molar-refractivity contribution in [3.8, 4) is 0 Å². The lowest BCUT2D eigenvalue weighted by molar-refractivity contribution is -0.147. The topological polar surface area (TPSA) is 115 Å². The first kappa shape index (κ1) is 22.7. The van der Waals surface area contributed by atoms with E-state index in [9.17, 15) is 19.2 Å². The molecule has 186 valence electrons. The Morgan fingerprint density at radius 1 is 1.22 bits per heavy atom. The Hall–Kier alpha value is -3.72. The Balaban J connectivity index is 1.32. The SMILES string of the molecule is CCOC(=O)c1cccc(NC(=O)[C@H]2[C@H]3C=C[C@@]4(O3)[C@@H]3[C@@H](C)C(=O)C[C@@H](c5ccco5)N3C(=O)[C@@H]24)c1. The monoisotopic (exact) mass is 490 g/mol. The minimum atomic E-state index is -1.06. The number of hydrogen-bond donors (Lipinski definition) is 1. The normalized spacial score (nSPS) is 34.0. The maximum Gasteiger partial charge on any atom is 0.338 e. The second-order valence-electron chi connectivity index (χ2n) is 9.77. The second kappa shape index (κ2) is 8.16. The van der Waals surface area contributed by atoms with Gasteiger partial charge in [0.05, 0.1) is 48.5 Å². The van der Waals surface area contributed by atoms with Gasteiger partial charge in [-0.2, -0.15) is 0 Å². The van der Waals surface area contributed by atoms with E-state index in [4.69, 9.17) is 13.9 Å². The first-order chi connectivity index (χ1) is 17.4. The molecule has 9 nitrogen and oxygen atoms in total. The van der Waals surface area contributed by atoms with Gasteiger partial charge in [-0.1, -0.05) is 25.1 Å². The first-order valence-corrected chi connectivity index (χ1v) is 12.2. The molecule has 1 aromatic carbocycles. The zero-order valence-electron chi connectivity index (χ0n) is 19.9. The van der Waals surface area contributed by atoms with Crippen molar-refractivity contribution in [1.82, 2.24) is 4.90 Å². The summed E-state index contributed by atoms with van der Waals surface area (Å²) in [4.78, 5) is 54.4. The lowest BCUT2D eigenvalue weighted by Gasteiger charge is -2.43. The molecule has 36 heavy (non-hydrogen) atoms. The molecule has 3 saturated heterocycles. The van der Waals surface area contributed by atoms with Gasteiger partial charge in [-0.05, 0) is 37.3 Å². The number of benzene rings is 1. The van der Waals surface area contributed by atoms with Gasteiger partial charge in [-0.25, -0.2) is 4.79 Å². The molecule has 0 unspecified atom stereocenters. The van der Waals surface area contributed by atoms with Crippen molar-refractivity contribution in [1.29, 1.82) is 0 Å². The third kappa shape index (κ3) is 3.12. The molecule has 6 rings (SSSR count). The molecule has 1 aromatic heterocycles. The Morgan fingerprint density at radius 2 is 2.06 bits per heavy atom. The molecule has 4 aliphatic rings. The molecular weight excluding hydrogens is 464 g/mol. The number of anilines is 1. The minimum Gasteiger partial charge on any atom is -0.467 e. The molecule has 0 aliphatic carbocycles. The number of ketones is 1. The number of esters is 1. The van der Waals surface area contributed by atoms with Gasteiger partial charge in [-0.3, -0.25) is 14.4 Å². The van der Waals surface area contributed by atoms with Crippen LogP contribution in [-0.4, -0.2) is 52.8 Å². The molecule has 2 aromatic rings. The van der Waals surface area contributed by atoms with E-state index in [-0.39, 0.29) is 30.6 Å². The summed E-state index contributed by atoms with van der Waals surface area (Å²) in [5.74, 6) is -2.49. The van der Waals surface area contributed by atoms with E-state index in [1.54, 1.807) is 48.2 Å². The number of nitrogens with zero attached hydrogens (tertiary/aromatic N) is 1. The molecule has 3 fully saturated rings. The van der Waals surface area contributed by atoms with Crippen molar-refractivity contribution in [2.24, 2.45) is 17.8 Å². The summed E-state index contributed by atoms with van der Waals surface area (Å²) in [7, 11) is 0. The fourth-order valence-corrected chi connectivity index (χ4v) is 6.43. The minimum absolute atomic E-state index is 0.0320. The van der Waals surface area contributed by atoms with Crippen LogP contribution in [0.2, 0.25) is 0 Å². The number of carbonyl (C=O) groups is 4. The summed E-state index contributed by atoms with van der Waals surface area (Å²) >= 11 is 0. The largest absolute Gasteiger partial charge is 0.467 e. The van der Waals surface area contributed by atoms with Gasteiger partial charge in [0.2, 0.25) is 11.8 Å². The van der Waals surface area contributed by atoms with Crippen molar-refractivity contribution < 1.29 is 33.1 Å². The number of ether oxygens (including phenoxy) is 2. The average Bonchev–Trinajstić information content (AvgIpc) is 3.64. The summed E-state index contributed by atoms with van der Waals surface area (Å²) in [6.45, 7) is 3.78.